The number of hydrogen-bond acceptors (Lipinski definition) is 8. The first-order valence-corrected chi connectivity index (χ1v) is 12.7. The molecule has 0 bridgehead atoms. The molecule has 0 aromatic carbocycles. The van der Waals surface area contributed by atoms with Crippen LogP contribution in [-0.4, -0.2) is 49.8 Å². The summed E-state index contributed by atoms with van der Waals surface area (Å²) >= 11 is 1.53. The number of hydrogen-bond donors (Lipinski definition) is 4. The van der Waals surface area contributed by atoms with Crippen LogP contribution in [0.25, 0.3) is 5.52 Å². The van der Waals surface area contributed by atoms with Gasteiger partial charge in [-0.15, -0.1) is 31.1 Å². The van der Waals surface area contributed by atoms with Crippen LogP contribution in [0.3, 0.4) is 0 Å². The number of terminal acetylenes is 1. The maximum Gasteiger partial charge on any atom is 0.245 e. The average Bonchev–Trinajstić information content (AvgIpc) is 3.37. The number of fused-ring (bicyclic) bond motifs is 1. The minimum atomic E-state index is 0.0486. The van der Waals surface area contributed by atoms with Crippen molar-refractivity contribution in [2.24, 2.45) is 5.92 Å². The summed E-state index contributed by atoms with van der Waals surface area (Å²) in [5.74, 6) is 3.76. The first-order chi connectivity index (χ1) is 17.7. The molecule has 4 N–H and O–H groups in total. The summed E-state index contributed by atoms with van der Waals surface area (Å²) < 4.78 is 1.89. The van der Waals surface area contributed by atoms with E-state index in [0.29, 0.717) is 18.2 Å². The monoisotopic (exact) mass is 507 g/mol. The topological polar surface area (TPSA) is 115 Å². The lowest BCUT2D eigenvalue weighted by Crippen LogP contribution is -2.32. The number of aromatic amines is 1. The molecule has 1 amide bonds. The maximum atomic E-state index is 9.77. The minimum absolute atomic E-state index is 0.0486. The third-order valence-electron chi connectivity index (χ3n) is 5.70. The van der Waals surface area contributed by atoms with Crippen molar-refractivity contribution in [3.63, 3.8) is 0 Å². The number of nitrogens with one attached hydrogen (secondary N) is 4. The normalized spacial score (nSPS) is 19.6. The predicted molar refractivity (Wildman–Crippen MR) is 147 cm³/mol. The van der Waals surface area contributed by atoms with Crippen LogP contribution in [0.4, 0.5) is 17.6 Å². The van der Waals surface area contributed by atoms with E-state index in [1.165, 1.54) is 36.7 Å². The van der Waals surface area contributed by atoms with Crippen molar-refractivity contribution in [2.45, 2.75) is 37.6 Å². The molecule has 2 fully saturated rings. The summed E-state index contributed by atoms with van der Waals surface area (Å²) in [7, 11) is 0. The van der Waals surface area contributed by atoms with E-state index in [9.17, 15) is 4.79 Å². The average molecular weight is 508 g/mol. The van der Waals surface area contributed by atoms with E-state index >= 15 is 0 Å². The van der Waals surface area contributed by atoms with Gasteiger partial charge in [0.1, 0.15) is 5.52 Å². The molecule has 2 aliphatic heterocycles. The van der Waals surface area contributed by atoms with Gasteiger partial charge in [-0.2, -0.15) is 10.1 Å². The van der Waals surface area contributed by atoms with Gasteiger partial charge in [-0.25, -0.2) is 4.52 Å². The number of carbonyl (C=O) groups is 1. The lowest BCUT2D eigenvalue weighted by atomic mass is 10.2. The summed E-state index contributed by atoms with van der Waals surface area (Å²) in [6, 6.07) is 6.11. The Kier molecular flexibility index (Phi) is 9.82. The SMILES string of the molecule is C#C.C=C.C[C@@H]1CCN(c2nc(Nc3cc(C4CC4)[nH]n3)c3cccn3n2)C1.O=CNC1NC=CS1. The molecule has 3 aliphatic rings. The van der Waals surface area contributed by atoms with Crippen molar-refractivity contribution < 1.29 is 4.79 Å². The number of carbonyl (C=O) groups excluding carboxylic acids is 1. The van der Waals surface area contributed by atoms with Gasteiger partial charge in [0, 0.05) is 43.2 Å². The fourth-order valence-corrected chi connectivity index (χ4v) is 4.43. The molecule has 1 saturated heterocycles. The molecule has 190 valence electrons. The molecule has 11 heteroatoms. The molecule has 2 atom stereocenters. The fraction of sp³-hybridized carbons (Fsp3) is 0.360. The van der Waals surface area contributed by atoms with Gasteiger partial charge in [-0.3, -0.25) is 9.89 Å². The van der Waals surface area contributed by atoms with Crippen LogP contribution in [0.5, 0.6) is 0 Å². The van der Waals surface area contributed by atoms with Crippen molar-refractivity contribution in [2.75, 3.05) is 23.3 Å². The number of anilines is 3. The summed E-state index contributed by atoms with van der Waals surface area (Å²) in [6.45, 7) is 10.3. The Labute approximate surface area is 216 Å². The van der Waals surface area contributed by atoms with Crippen molar-refractivity contribution in [3.8, 4) is 12.8 Å². The van der Waals surface area contributed by atoms with E-state index in [4.69, 9.17) is 4.98 Å². The highest BCUT2D eigenvalue weighted by atomic mass is 32.2. The van der Waals surface area contributed by atoms with Gasteiger partial charge in [0.05, 0.1) is 0 Å². The number of amides is 1. The van der Waals surface area contributed by atoms with Crippen LogP contribution in [-0.2, 0) is 4.79 Å². The van der Waals surface area contributed by atoms with Gasteiger partial charge in [-0.1, -0.05) is 18.7 Å². The highest BCUT2D eigenvalue weighted by molar-refractivity contribution is 8.02. The van der Waals surface area contributed by atoms with Crippen molar-refractivity contribution in [1.82, 2.24) is 35.4 Å². The first-order valence-electron chi connectivity index (χ1n) is 11.7. The number of H-pyrrole nitrogens is 1. The van der Waals surface area contributed by atoms with Gasteiger partial charge in [0.2, 0.25) is 12.4 Å². The minimum Gasteiger partial charge on any atom is -0.362 e. The highest BCUT2D eigenvalue weighted by Gasteiger charge is 2.26. The van der Waals surface area contributed by atoms with Crippen LogP contribution >= 0.6 is 11.8 Å². The Morgan fingerprint density at radius 3 is 2.72 bits per heavy atom. The van der Waals surface area contributed by atoms with Crippen LogP contribution in [0, 0.1) is 18.8 Å². The molecular formula is C25H33N9OS. The fourth-order valence-electron chi connectivity index (χ4n) is 3.82. The number of thioether (sulfide) groups is 1. The van der Waals surface area contributed by atoms with E-state index in [1.807, 2.05) is 28.3 Å². The molecule has 0 spiro atoms. The standard InChI is InChI=1S/C17H21N7.C4H6N2OS.C2H4.C2H2/c1-11-6-8-23(10-11)17-19-16(14-3-2-7-24(14)22-17)18-15-9-13(20-21-15)12-4-5-12;7-3-6-4-5-1-2-8-4;2*1-2/h2-3,7,9,11-12H,4-6,8,10H2,1H3,(H2,18,19,20,21,22);1-5H,(H,6,7);1-2H2;1-2H/t11-;;;/m1.../s1. The Morgan fingerprint density at radius 1 is 1.28 bits per heavy atom. The van der Waals surface area contributed by atoms with Gasteiger partial charge in [0.15, 0.2) is 17.1 Å². The molecule has 1 saturated carbocycles. The lowest BCUT2D eigenvalue weighted by Gasteiger charge is -2.17. The zero-order valence-electron chi connectivity index (χ0n) is 20.4. The lowest BCUT2D eigenvalue weighted by molar-refractivity contribution is -0.109. The second kappa shape index (κ2) is 13.3. The maximum absolute atomic E-state index is 9.77. The van der Waals surface area contributed by atoms with E-state index in [2.05, 4.69) is 75.1 Å². The summed E-state index contributed by atoms with van der Waals surface area (Å²) in [5, 5.41) is 22.9. The molecule has 10 nitrogen and oxygen atoms in total. The van der Waals surface area contributed by atoms with Crippen LogP contribution in [0.1, 0.15) is 37.8 Å². The van der Waals surface area contributed by atoms with Gasteiger partial charge >= 0.3 is 0 Å². The van der Waals surface area contributed by atoms with Crippen LogP contribution < -0.4 is 20.9 Å². The third-order valence-corrected chi connectivity index (χ3v) is 6.54. The van der Waals surface area contributed by atoms with Crippen LogP contribution in [0.15, 0.2) is 49.2 Å². The Morgan fingerprint density at radius 2 is 2.08 bits per heavy atom. The summed E-state index contributed by atoms with van der Waals surface area (Å²) in [6.07, 6.45) is 16.2. The zero-order valence-corrected chi connectivity index (χ0v) is 21.2. The zero-order chi connectivity index (χ0) is 25.9. The molecular weight excluding hydrogens is 474 g/mol. The quantitative estimate of drug-likeness (QED) is 0.226. The second-order valence-corrected chi connectivity index (χ2v) is 9.33. The van der Waals surface area contributed by atoms with Crippen molar-refractivity contribution in [1.29, 1.82) is 0 Å². The molecule has 36 heavy (non-hydrogen) atoms. The third kappa shape index (κ3) is 6.82. The van der Waals surface area contributed by atoms with Crippen LogP contribution in [0.2, 0.25) is 0 Å². The van der Waals surface area contributed by atoms with E-state index in [0.717, 1.165) is 36.2 Å². The van der Waals surface area contributed by atoms with Crippen molar-refractivity contribution >= 4 is 41.3 Å². The molecule has 3 aromatic heterocycles. The van der Waals surface area contributed by atoms with Gasteiger partial charge in [-0.05, 0) is 42.7 Å². The Balaban J connectivity index is 0.000000254. The second-order valence-electron chi connectivity index (χ2n) is 8.32. The highest BCUT2D eigenvalue weighted by Crippen LogP contribution is 2.39. The van der Waals surface area contributed by atoms with E-state index in [1.54, 1.807) is 6.20 Å². The summed E-state index contributed by atoms with van der Waals surface area (Å²) in [4.78, 5) is 16.8. The van der Waals surface area contributed by atoms with Gasteiger partial charge in [0.25, 0.3) is 0 Å². The predicted octanol–water partition coefficient (Wildman–Crippen LogP) is 3.79. The largest absolute Gasteiger partial charge is 0.362 e. The number of rotatable bonds is 6. The smallest absolute Gasteiger partial charge is 0.245 e. The number of nitrogens with zero attached hydrogens (tertiary/aromatic N) is 5. The van der Waals surface area contributed by atoms with Gasteiger partial charge < -0.3 is 20.9 Å². The van der Waals surface area contributed by atoms with E-state index in [-0.39, 0.29) is 5.50 Å². The molecule has 3 aromatic rings. The molecule has 1 unspecified atom stereocenters. The van der Waals surface area contributed by atoms with E-state index < -0.39 is 0 Å². The number of aromatic nitrogens is 5. The Hall–Kier alpha value is -3.91. The molecule has 1 aliphatic carbocycles. The Bertz CT molecular complexity index is 1160. The molecule has 5 heterocycles. The molecule has 6 rings (SSSR count). The van der Waals surface area contributed by atoms with Crippen molar-refractivity contribution in [3.05, 3.63) is 54.9 Å². The summed E-state index contributed by atoms with van der Waals surface area (Å²) in [5.41, 5.74) is 2.22. The first kappa shape index (κ1) is 26.7. The molecule has 0 radical (unpaired) electrons.